The molecule has 2 aliphatic rings. The molecule has 0 atom stereocenters. The minimum atomic E-state index is -0.0901. The van der Waals surface area contributed by atoms with E-state index >= 15 is 0 Å². The number of thioether (sulfide) groups is 1. The van der Waals surface area contributed by atoms with Crippen LogP contribution in [0.4, 0.5) is 0 Å². The van der Waals surface area contributed by atoms with Crippen molar-refractivity contribution >= 4 is 22.0 Å². The fourth-order valence-corrected chi connectivity index (χ4v) is 3.94. The Morgan fingerprint density at radius 2 is 1.76 bits per heavy atom. The summed E-state index contributed by atoms with van der Waals surface area (Å²) in [7, 11) is 0. The summed E-state index contributed by atoms with van der Waals surface area (Å²) in [5.41, 5.74) is 1.11. The zero-order valence-corrected chi connectivity index (χ0v) is 14.8. The number of unbranched alkanes of at least 4 members (excludes halogenated alkanes) is 6. The third-order valence-electron chi connectivity index (χ3n) is 3.88. The zero-order chi connectivity index (χ0) is 15.3. The van der Waals surface area contributed by atoms with Gasteiger partial charge < -0.3 is 0 Å². The molecule has 0 aromatic carbocycles. The number of hydrogen-bond donors (Lipinski definition) is 0. The molecule has 0 bridgehead atoms. The fourth-order valence-electron chi connectivity index (χ4n) is 2.81. The molecule has 0 unspecified atom stereocenters. The Morgan fingerprint density at radius 1 is 1.10 bits per heavy atom. The maximum Gasteiger partial charge on any atom is 0.191 e. The Hall–Kier alpha value is -0.770. The van der Waals surface area contributed by atoms with E-state index in [2.05, 4.69) is 33.8 Å². The van der Waals surface area contributed by atoms with Crippen molar-refractivity contribution in [2.45, 2.75) is 84.6 Å². The van der Waals surface area contributed by atoms with Crippen molar-refractivity contribution in [3.63, 3.8) is 0 Å². The lowest BCUT2D eigenvalue weighted by atomic mass is 10.0. The molecular formula is C17H29N3S. The Labute approximate surface area is 134 Å². The third kappa shape index (κ3) is 4.87. The summed E-state index contributed by atoms with van der Waals surface area (Å²) in [5.74, 6) is 0. The predicted octanol–water partition coefficient (Wildman–Crippen LogP) is 5.54. The van der Waals surface area contributed by atoms with Gasteiger partial charge in [0, 0.05) is 5.70 Å². The molecule has 0 N–H and O–H groups in total. The molecule has 2 heterocycles. The van der Waals surface area contributed by atoms with Crippen molar-refractivity contribution in [2.24, 2.45) is 10.1 Å². The van der Waals surface area contributed by atoms with Gasteiger partial charge >= 0.3 is 0 Å². The topological polar surface area (TPSA) is 28.0 Å². The van der Waals surface area contributed by atoms with Gasteiger partial charge in [-0.15, -0.1) is 0 Å². The largest absolute Gasteiger partial charge is 0.250 e. The molecule has 0 aliphatic carbocycles. The van der Waals surface area contributed by atoms with E-state index < -0.39 is 0 Å². The minimum Gasteiger partial charge on any atom is -0.250 e. The van der Waals surface area contributed by atoms with Crippen LogP contribution in [0.15, 0.2) is 21.9 Å². The van der Waals surface area contributed by atoms with Gasteiger partial charge in [0.05, 0.1) is 5.54 Å². The van der Waals surface area contributed by atoms with Gasteiger partial charge in [0.15, 0.2) is 5.17 Å². The molecule has 0 fully saturated rings. The number of nitrogens with zero attached hydrogens (tertiary/aromatic N) is 3. The number of amidine groups is 1. The summed E-state index contributed by atoms with van der Waals surface area (Å²) in [6.45, 7) is 8.69. The van der Waals surface area contributed by atoms with Gasteiger partial charge in [0.1, 0.15) is 5.04 Å². The normalized spacial score (nSPS) is 20.0. The second kappa shape index (κ2) is 7.48. The van der Waals surface area contributed by atoms with Crippen molar-refractivity contribution in [3.05, 3.63) is 11.8 Å². The molecule has 4 heteroatoms. The Balaban J connectivity index is 1.73. The van der Waals surface area contributed by atoms with Gasteiger partial charge in [-0.25, -0.2) is 10.0 Å². The summed E-state index contributed by atoms with van der Waals surface area (Å²) < 4.78 is 0. The third-order valence-corrected chi connectivity index (χ3v) is 4.84. The molecule has 0 saturated carbocycles. The van der Waals surface area contributed by atoms with Crippen molar-refractivity contribution in [1.82, 2.24) is 5.01 Å². The summed E-state index contributed by atoms with van der Waals surface area (Å²) in [4.78, 5) is 4.77. The van der Waals surface area contributed by atoms with Gasteiger partial charge in [-0.2, -0.15) is 5.10 Å². The number of hydrogen-bond acceptors (Lipinski definition) is 4. The number of aliphatic imine (C=N–C) groups is 1. The number of hydrazone groups is 1. The highest BCUT2D eigenvalue weighted by molar-refractivity contribution is 8.26. The monoisotopic (exact) mass is 307 g/mol. The summed E-state index contributed by atoms with van der Waals surface area (Å²) >= 11 is 1.76. The molecule has 2 aliphatic heterocycles. The number of allylic oxidation sites excluding steroid dienone is 1. The lowest BCUT2D eigenvalue weighted by Gasteiger charge is -2.27. The summed E-state index contributed by atoms with van der Waals surface area (Å²) in [5, 5.41) is 9.01. The fraction of sp³-hybridized carbons (Fsp3) is 0.765. The van der Waals surface area contributed by atoms with Gasteiger partial charge in [-0.3, -0.25) is 0 Å². The number of fused-ring (bicyclic) bond motifs is 1. The SMILES string of the molecule is CCCCCCCCCC1=NN2C(C)=CC(C)(C)N=C2S1. The molecule has 0 spiro atoms. The predicted molar refractivity (Wildman–Crippen MR) is 94.7 cm³/mol. The second-order valence-electron chi connectivity index (χ2n) is 6.61. The Bertz CT molecular complexity index is 449. The smallest absolute Gasteiger partial charge is 0.191 e. The van der Waals surface area contributed by atoms with Crippen LogP contribution in [-0.2, 0) is 0 Å². The van der Waals surface area contributed by atoms with Crippen LogP contribution in [0.25, 0.3) is 0 Å². The van der Waals surface area contributed by atoms with Crippen LogP contribution in [0.1, 0.15) is 79.1 Å². The van der Waals surface area contributed by atoms with E-state index in [0.717, 1.165) is 11.6 Å². The molecule has 118 valence electrons. The van der Waals surface area contributed by atoms with E-state index in [1.54, 1.807) is 11.8 Å². The van der Waals surface area contributed by atoms with E-state index in [9.17, 15) is 0 Å². The van der Waals surface area contributed by atoms with Crippen molar-refractivity contribution in [2.75, 3.05) is 0 Å². The molecule has 0 saturated heterocycles. The second-order valence-corrected chi connectivity index (χ2v) is 7.65. The highest BCUT2D eigenvalue weighted by Crippen LogP contribution is 2.33. The number of rotatable bonds is 8. The van der Waals surface area contributed by atoms with Crippen LogP contribution >= 0.6 is 11.8 Å². The van der Waals surface area contributed by atoms with Crippen molar-refractivity contribution in [3.8, 4) is 0 Å². The van der Waals surface area contributed by atoms with Crippen molar-refractivity contribution < 1.29 is 0 Å². The van der Waals surface area contributed by atoms with Crippen LogP contribution in [0.2, 0.25) is 0 Å². The Kier molecular flexibility index (Phi) is 5.91. The maximum absolute atomic E-state index is 4.77. The van der Waals surface area contributed by atoms with Crippen LogP contribution in [0, 0.1) is 0 Å². The van der Waals surface area contributed by atoms with Gasteiger partial charge in [0.2, 0.25) is 0 Å². The first-order chi connectivity index (χ1) is 10.0. The van der Waals surface area contributed by atoms with Crippen molar-refractivity contribution in [1.29, 1.82) is 0 Å². The standard InChI is InChI=1S/C17H29N3S/c1-5-6-7-8-9-10-11-12-15-19-20-14(2)13-17(3,4)18-16(20)21-15/h13H,5-12H2,1-4H3. The zero-order valence-electron chi connectivity index (χ0n) is 14.0. The van der Waals surface area contributed by atoms with E-state index in [4.69, 9.17) is 10.1 Å². The molecule has 21 heavy (non-hydrogen) atoms. The lowest BCUT2D eigenvalue weighted by Crippen LogP contribution is -2.29. The molecule has 0 aromatic heterocycles. The molecular weight excluding hydrogens is 278 g/mol. The van der Waals surface area contributed by atoms with E-state index in [0.29, 0.717) is 0 Å². The molecule has 3 nitrogen and oxygen atoms in total. The summed E-state index contributed by atoms with van der Waals surface area (Å²) in [6.07, 6.45) is 12.8. The first kappa shape index (κ1) is 16.6. The van der Waals surface area contributed by atoms with Crippen LogP contribution < -0.4 is 0 Å². The molecule has 0 amide bonds. The van der Waals surface area contributed by atoms with Gasteiger partial charge in [-0.1, -0.05) is 45.4 Å². The molecule has 2 rings (SSSR count). The first-order valence-corrected chi connectivity index (χ1v) is 9.18. The van der Waals surface area contributed by atoms with Crippen LogP contribution in [0.5, 0.6) is 0 Å². The maximum atomic E-state index is 4.77. The first-order valence-electron chi connectivity index (χ1n) is 8.36. The van der Waals surface area contributed by atoms with E-state index in [1.807, 2.05) is 5.01 Å². The lowest BCUT2D eigenvalue weighted by molar-refractivity contribution is 0.504. The highest BCUT2D eigenvalue weighted by atomic mass is 32.2. The van der Waals surface area contributed by atoms with Gasteiger partial charge in [-0.05, 0) is 51.5 Å². The average molecular weight is 308 g/mol. The highest BCUT2D eigenvalue weighted by Gasteiger charge is 2.31. The van der Waals surface area contributed by atoms with Crippen LogP contribution in [-0.4, -0.2) is 20.8 Å². The molecule has 0 aromatic rings. The quantitative estimate of drug-likeness (QED) is 0.551. The van der Waals surface area contributed by atoms with Crippen LogP contribution in [0.3, 0.4) is 0 Å². The molecule has 0 radical (unpaired) electrons. The minimum absolute atomic E-state index is 0.0901. The van der Waals surface area contributed by atoms with E-state index in [1.165, 1.54) is 55.7 Å². The average Bonchev–Trinajstić information content (AvgIpc) is 2.79. The Morgan fingerprint density at radius 3 is 2.48 bits per heavy atom. The summed E-state index contributed by atoms with van der Waals surface area (Å²) in [6, 6.07) is 0. The van der Waals surface area contributed by atoms with E-state index in [-0.39, 0.29) is 5.54 Å². The van der Waals surface area contributed by atoms with Gasteiger partial charge in [0.25, 0.3) is 0 Å².